The van der Waals surface area contributed by atoms with Crippen LogP contribution in [0.5, 0.6) is 0 Å². The molecule has 1 rings (SSSR count). The highest BCUT2D eigenvalue weighted by Gasteiger charge is 2.05. The van der Waals surface area contributed by atoms with E-state index in [4.69, 9.17) is 0 Å². The summed E-state index contributed by atoms with van der Waals surface area (Å²) in [5.74, 6) is -0.0133. The van der Waals surface area contributed by atoms with Crippen LogP contribution in [0, 0.1) is 6.92 Å². The van der Waals surface area contributed by atoms with E-state index < -0.39 is 0 Å². The van der Waals surface area contributed by atoms with Crippen LogP contribution in [0.25, 0.3) is 0 Å². The Kier molecular flexibility index (Phi) is 3.48. The summed E-state index contributed by atoms with van der Waals surface area (Å²) in [5, 5.41) is 7.18. The van der Waals surface area contributed by atoms with E-state index in [1.54, 1.807) is 10.9 Å². The van der Waals surface area contributed by atoms with Crippen LogP contribution in [0.3, 0.4) is 0 Å². The van der Waals surface area contributed by atoms with Crippen molar-refractivity contribution in [2.45, 2.75) is 13.5 Å². The molecule has 0 radical (unpaired) electrons. The predicted octanol–water partition coefficient (Wildman–Crippen LogP) is 0.740. The maximum Gasteiger partial charge on any atom is 0.230 e. The lowest BCUT2D eigenvalue weighted by molar-refractivity contribution is -0.118. The number of amides is 1. The molecule has 0 aliphatic heterocycles. The van der Waals surface area contributed by atoms with Gasteiger partial charge in [-0.05, 0) is 12.5 Å². The smallest absolute Gasteiger partial charge is 0.230 e. The van der Waals surface area contributed by atoms with E-state index >= 15 is 0 Å². The average molecular weight is 246 g/mol. The number of aromatic nitrogens is 2. The summed E-state index contributed by atoms with van der Waals surface area (Å²) in [7, 11) is 1.86. The number of halogens is 1. The van der Waals surface area contributed by atoms with E-state index in [0.29, 0.717) is 11.9 Å². The van der Waals surface area contributed by atoms with Crippen molar-refractivity contribution in [1.82, 2.24) is 15.1 Å². The summed E-state index contributed by atoms with van der Waals surface area (Å²) in [6, 6.07) is 0. The van der Waals surface area contributed by atoms with Crippen LogP contribution in [0.1, 0.15) is 11.3 Å². The van der Waals surface area contributed by atoms with E-state index in [1.165, 1.54) is 0 Å². The van der Waals surface area contributed by atoms with Crippen LogP contribution >= 0.6 is 15.9 Å². The van der Waals surface area contributed by atoms with Crippen molar-refractivity contribution in [2.75, 3.05) is 5.33 Å². The van der Waals surface area contributed by atoms with Crippen molar-refractivity contribution < 1.29 is 4.79 Å². The van der Waals surface area contributed by atoms with E-state index in [0.717, 1.165) is 11.3 Å². The Labute approximate surface area is 85.4 Å². The third-order valence-electron chi connectivity index (χ3n) is 1.84. The van der Waals surface area contributed by atoms with Gasteiger partial charge in [-0.25, -0.2) is 0 Å². The number of hydrogen-bond acceptors (Lipinski definition) is 2. The Morgan fingerprint density at radius 2 is 2.46 bits per heavy atom. The molecule has 5 heteroatoms. The van der Waals surface area contributed by atoms with Crippen LogP contribution < -0.4 is 5.32 Å². The fourth-order valence-electron chi connectivity index (χ4n) is 1.06. The van der Waals surface area contributed by atoms with Crippen LogP contribution in [-0.2, 0) is 18.4 Å². The second-order valence-electron chi connectivity index (χ2n) is 2.81. The Morgan fingerprint density at radius 3 is 2.92 bits per heavy atom. The number of carbonyl (C=O) groups excluding carboxylic acids is 1. The molecule has 0 atom stereocenters. The molecule has 0 fully saturated rings. The molecular weight excluding hydrogens is 234 g/mol. The highest BCUT2D eigenvalue weighted by molar-refractivity contribution is 9.09. The lowest BCUT2D eigenvalue weighted by Crippen LogP contribution is -2.25. The minimum Gasteiger partial charge on any atom is -0.350 e. The summed E-state index contributed by atoms with van der Waals surface area (Å²) in [6.45, 7) is 2.51. The molecule has 0 aromatic carbocycles. The quantitative estimate of drug-likeness (QED) is 0.799. The third-order valence-corrected chi connectivity index (χ3v) is 2.35. The van der Waals surface area contributed by atoms with Crippen LogP contribution in [-0.4, -0.2) is 21.0 Å². The normalized spacial score (nSPS) is 10.1. The van der Waals surface area contributed by atoms with Gasteiger partial charge in [-0.3, -0.25) is 9.48 Å². The molecule has 1 aromatic rings. The van der Waals surface area contributed by atoms with Gasteiger partial charge in [0.25, 0.3) is 0 Å². The first-order valence-corrected chi connectivity index (χ1v) is 5.07. The second kappa shape index (κ2) is 4.41. The van der Waals surface area contributed by atoms with Crippen molar-refractivity contribution in [3.63, 3.8) is 0 Å². The fourth-order valence-corrected chi connectivity index (χ4v) is 1.25. The Morgan fingerprint density at radius 1 is 1.77 bits per heavy atom. The van der Waals surface area contributed by atoms with Crippen molar-refractivity contribution in [2.24, 2.45) is 7.05 Å². The van der Waals surface area contributed by atoms with Crippen molar-refractivity contribution in [3.05, 3.63) is 17.5 Å². The fraction of sp³-hybridized carbons (Fsp3) is 0.500. The maximum atomic E-state index is 10.9. The largest absolute Gasteiger partial charge is 0.350 e. The van der Waals surface area contributed by atoms with E-state index in [1.807, 2.05) is 14.0 Å². The van der Waals surface area contributed by atoms with Crippen molar-refractivity contribution >= 4 is 21.8 Å². The van der Waals surface area contributed by atoms with Crippen molar-refractivity contribution in [3.8, 4) is 0 Å². The van der Waals surface area contributed by atoms with Gasteiger partial charge in [0, 0.05) is 7.05 Å². The monoisotopic (exact) mass is 245 g/mol. The standard InChI is InChI=1S/C8H12BrN3O/c1-6-4-11-12(2)7(6)5-10-8(13)3-9/h4H,3,5H2,1-2H3,(H,10,13). The van der Waals surface area contributed by atoms with Gasteiger partial charge in [-0.1, -0.05) is 15.9 Å². The summed E-state index contributed by atoms with van der Waals surface area (Å²) in [6.07, 6.45) is 1.79. The summed E-state index contributed by atoms with van der Waals surface area (Å²) >= 11 is 3.08. The molecule has 1 amide bonds. The Balaban J connectivity index is 2.58. The van der Waals surface area contributed by atoms with Gasteiger partial charge in [0.15, 0.2) is 0 Å². The second-order valence-corrected chi connectivity index (χ2v) is 3.37. The van der Waals surface area contributed by atoms with E-state index in [9.17, 15) is 4.79 Å². The number of rotatable bonds is 3. The minimum atomic E-state index is -0.0133. The Hall–Kier alpha value is -0.840. The number of alkyl halides is 1. The van der Waals surface area contributed by atoms with Gasteiger partial charge in [-0.15, -0.1) is 0 Å². The highest BCUT2D eigenvalue weighted by atomic mass is 79.9. The minimum absolute atomic E-state index is 0.0133. The van der Waals surface area contributed by atoms with Gasteiger partial charge >= 0.3 is 0 Å². The molecular formula is C8H12BrN3O. The first kappa shape index (κ1) is 10.2. The molecule has 4 nitrogen and oxygen atoms in total. The topological polar surface area (TPSA) is 46.9 Å². The van der Waals surface area contributed by atoms with Gasteiger partial charge in [0.05, 0.1) is 23.8 Å². The summed E-state index contributed by atoms with van der Waals surface area (Å²) < 4.78 is 1.77. The van der Waals surface area contributed by atoms with E-state index in [2.05, 4.69) is 26.3 Å². The van der Waals surface area contributed by atoms with Gasteiger partial charge in [0.1, 0.15) is 0 Å². The molecule has 1 N–H and O–H groups in total. The molecule has 0 spiro atoms. The lowest BCUT2D eigenvalue weighted by Gasteiger charge is -2.04. The summed E-state index contributed by atoms with van der Waals surface area (Å²) in [4.78, 5) is 10.9. The molecule has 0 saturated carbocycles. The number of nitrogens with zero attached hydrogens (tertiary/aromatic N) is 2. The zero-order valence-corrected chi connectivity index (χ0v) is 9.26. The molecule has 72 valence electrons. The predicted molar refractivity (Wildman–Crippen MR) is 53.6 cm³/mol. The zero-order chi connectivity index (χ0) is 9.84. The van der Waals surface area contributed by atoms with Crippen molar-refractivity contribution in [1.29, 1.82) is 0 Å². The van der Waals surface area contributed by atoms with E-state index in [-0.39, 0.29) is 5.91 Å². The van der Waals surface area contributed by atoms with Crippen LogP contribution in [0.2, 0.25) is 0 Å². The summed E-state index contributed by atoms with van der Waals surface area (Å²) in [5.41, 5.74) is 2.13. The third kappa shape index (κ3) is 2.55. The first-order chi connectivity index (χ1) is 6.15. The first-order valence-electron chi connectivity index (χ1n) is 3.95. The molecule has 0 bridgehead atoms. The Bertz CT molecular complexity index is 289. The molecule has 0 aliphatic rings. The van der Waals surface area contributed by atoms with Crippen LogP contribution in [0.4, 0.5) is 0 Å². The molecule has 13 heavy (non-hydrogen) atoms. The zero-order valence-electron chi connectivity index (χ0n) is 7.67. The number of hydrogen-bond donors (Lipinski definition) is 1. The number of carbonyl (C=O) groups is 1. The van der Waals surface area contributed by atoms with Gasteiger partial charge < -0.3 is 5.32 Å². The van der Waals surface area contributed by atoms with Crippen LogP contribution in [0.15, 0.2) is 6.20 Å². The molecule has 1 aromatic heterocycles. The molecule has 0 aliphatic carbocycles. The average Bonchev–Trinajstić information content (AvgIpc) is 2.43. The maximum absolute atomic E-state index is 10.9. The van der Waals surface area contributed by atoms with Gasteiger partial charge in [-0.2, -0.15) is 5.10 Å². The SMILES string of the molecule is Cc1cnn(C)c1CNC(=O)CBr. The molecule has 0 saturated heterocycles. The highest BCUT2D eigenvalue weighted by Crippen LogP contribution is 2.04. The van der Waals surface area contributed by atoms with Gasteiger partial charge in [0.2, 0.25) is 5.91 Å². The number of nitrogens with one attached hydrogen (secondary N) is 1. The molecule has 0 unspecified atom stereocenters. The lowest BCUT2D eigenvalue weighted by atomic mass is 10.3. The number of aryl methyl sites for hydroxylation is 2. The molecule has 1 heterocycles.